The molecule has 5 heteroatoms. The molecule has 2 nitrogen and oxygen atoms in total. The second-order valence-electron chi connectivity index (χ2n) is 4.16. The zero-order chi connectivity index (χ0) is 13.8. The molecule has 1 aromatic carbocycles. The van der Waals surface area contributed by atoms with Gasteiger partial charge in [-0.3, -0.25) is 0 Å². The summed E-state index contributed by atoms with van der Waals surface area (Å²) in [5.74, 6) is 0.803. The lowest BCUT2D eigenvalue weighted by molar-refractivity contribution is 0.444. The van der Waals surface area contributed by atoms with Crippen LogP contribution in [-0.4, -0.2) is 6.54 Å². The zero-order valence-electron chi connectivity index (χ0n) is 10.4. The van der Waals surface area contributed by atoms with Gasteiger partial charge >= 0.3 is 0 Å². The summed E-state index contributed by atoms with van der Waals surface area (Å²) in [4.78, 5) is 0. The Hall–Kier alpha value is -0.480. The molecule has 1 N–H and O–H groups in total. The average Bonchev–Trinajstić information content (AvgIpc) is 2.81. The van der Waals surface area contributed by atoms with Crippen molar-refractivity contribution >= 4 is 39.1 Å². The molecule has 2 rings (SSSR count). The second kappa shape index (κ2) is 6.80. The molecule has 0 aliphatic heterocycles. The van der Waals surface area contributed by atoms with Crippen LogP contribution in [0.15, 0.2) is 39.4 Å². The van der Waals surface area contributed by atoms with Crippen molar-refractivity contribution in [3.63, 3.8) is 0 Å². The molecular formula is C14H14BrCl2NO. The third-order valence-corrected chi connectivity index (χ3v) is 4.29. The number of halogens is 3. The van der Waals surface area contributed by atoms with Gasteiger partial charge in [0.25, 0.3) is 0 Å². The third-order valence-electron chi connectivity index (χ3n) is 2.80. The standard InChI is InChI=1S/C14H14BrCl2NO/c1-2-7-18-13(14-10(15)6-8-19-14)9-4-3-5-11(16)12(9)17/h3-6,8,13,18H,2,7H2,1H3. The lowest BCUT2D eigenvalue weighted by Gasteiger charge is -2.19. The van der Waals surface area contributed by atoms with Gasteiger partial charge in [-0.05, 0) is 46.6 Å². The van der Waals surface area contributed by atoms with Gasteiger partial charge in [-0.2, -0.15) is 0 Å². The highest BCUT2D eigenvalue weighted by Gasteiger charge is 2.22. The third kappa shape index (κ3) is 3.34. The Bertz CT molecular complexity index is 556. The molecule has 19 heavy (non-hydrogen) atoms. The highest BCUT2D eigenvalue weighted by molar-refractivity contribution is 9.10. The molecule has 1 unspecified atom stereocenters. The van der Waals surface area contributed by atoms with Crippen LogP contribution in [-0.2, 0) is 0 Å². The van der Waals surface area contributed by atoms with Crippen LogP contribution in [0.25, 0.3) is 0 Å². The van der Waals surface area contributed by atoms with E-state index in [1.807, 2.05) is 18.2 Å². The molecule has 2 aromatic rings. The van der Waals surface area contributed by atoms with E-state index < -0.39 is 0 Å². The Balaban J connectivity index is 2.43. The van der Waals surface area contributed by atoms with E-state index in [0.29, 0.717) is 10.0 Å². The van der Waals surface area contributed by atoms with Gasteiger partial charge in [-0.25, -0.2) is 0 Å². The predicted molar refractivity (Wildman–Crippen MR) is 83.0 cm³/mol. The van der Waals surface area contributed by atoms with Gasteiger partial charge in [0.05, 0.1) is 26.8 Å². The van der Waals surface area contributed by atoms with E-state index in [4.69, 9.17) is 27.6 Å². The van der Waals surface area contributed by atoms with Crippen LogP contribution >= 0.6 is 39.1 Å². The fourth-order valence-corrected chi connectivity index (χ4v) is 2.73. The summed E-state index contributed by atoms with van der Waals surface area (Å²) in [5, 5.41) is 4.53. The topological polar surface area (TPSA) is 25.2 Å². The molecule has 0 fully saturated rings. The first-order valence-electron chi connectivity index (χ1n) is 6.05. The number of benzene rings is 1. The van der Waals surface area contributed by atoms with E-state index in [2.05, 4.69) is 28.2 Å². The number of rotatable bonds is 5. The highest BCUT2D eigenvalue weighted by atomic mass is 79.9. The van der Waals surface area contributed by atoms with E-state index in [9.17, 15) is 0 Å². The summed E-state index contributed by atoms with van der Waals surface area (Å²) >= 11 is 15.9. The number of hydrogen-bond acceptors (Lipinski definition) is 2. The summed E-state index contributed by atoms with van der Waals surface area (Å²) in [5.41, 5.74) is 0.915. The summed E-state index contributed by atoms with van der Waals surface area (Å²) in [6.45, 7) is 2.97. The smallest absolute Gasteiger partial charge is 0.139 e. The Labute approximate surface area is 131 Å². The zero-order valence-corrected chi connectivity index (χ0v) is 13.5. The summed E-state index contributed by atoms with van der Waals surface area (Å²) in [6.07, 6.45) is 2.67. The fraction of sp³-hybridized carbons (Fsp3) is 0.286. The monoisotopic (exact) mass is 361 g/mol. The van der Waals surface area contributed by atoms with Crippen LogP contribution in [0.3, 0.4) is 0 Å². The maximum Gasteiger partial charge on any atom is 0.139 e. The minimum Gasteiger partial charge on any atom is -0.466 e. The molecule has 1 heterocycles. The maximum absolute atomic E-state index is 6.31. The van der Waals surface area contributed by atoms with E-state index in [1.54, 1.807) is 12.3 Å². The number of furan rings is 1. The van der Waals surface area contributed by atoms with E-state index in [1.165, 1.54) is 0 Å². The first kappa shape index (κ1) is 14.9. The van der Waals surface area contributed by atoms with Crippen LogP contribution in [0, 0.1) is 0 Å². The van der Waals surface area contributed by atoms with Crippen molar-refractivity contribution in [3.8, 4) is 0 Å². The normalized spacial score (nSPS) is 12.6. The van der Waals surface area contributed by atoms with Crippen molar-refractivity contribution in [1.82, 2.24) is 5.32 Å². The molecular weight excluding hydrogens is 349 g/mol. The number of hydrogen-bond donors (Lipinski definition) is 1. The Morgan fingerprint density at radius 2 is 2.11 bits per heavy atom. The van der Waals surface area contributed by atoms with E-state index in [0.717, 1.165) is 28.8 Å². The largest absolute Gasteiger partial charge is 0.466 e. The molecule has 0 bridgehead atoms. The van der Waals surface area contributed by atoms with E-state index >= 15 is 0 Å². The van der Waals surface area contributed by atoms with Crippen LogP contribution in [0.4, 0.5) is 0 Å². The van der Waals surface area contributed by atoms with Crippen LogP contribution < -0.4 is 5.32 Å². The van der Waals surface area contributed by atoms with Crippen molar-refractivity contribution in [2.45, 2.75) is 19.4 Å². The molecule has 0 aliphatic carbocycles. The molecule has 0 radical (unpaired) electrons. The molecule has 0 amide bonds. The van der Waals surface area contributed by atoms with Gasteiger partial charge in [-0.15, -0.1) is 0 Å². The van der Waals surface area contributed by atoms with Crippen molar-refractivity contribution in [2.75, 3.05) is 6.54 Å². The molecule has 0 saturated carbocycles. The van der Waals surface area contributed by atoms with E-state index in [-0.39, 0.29) is 6.04 Å². The van der Waals surface area contributed by atoms with Crippen molar-refractivity contribution in [2.24, 2.45) is 0 Å². The summed E-state index contributed by atoms with van der Waals surface area (Å²) in [6, 6.07) is 7.38. The number of nitrogens with one attached hydrogen (secondary N) is 1. The summed E-state index contributed by atoms with van der Waals surface area (Å²) < 4.78 is 6.48. The Morgan fingerprint density at radius 1 is 1.32 bits per heavy atom. The van der Waals surface area contributed by atoms with Crippen molar-refractivity contribution in [3.05, 3.63) is 56.4 Å². The van der Waals surface area contributed by atoms with Crippen LogP contribution in [0.2, 0.25) is 10.0 Å². The lowest BCUT2D eigenvalue weighted by Crippen LogP contribution is -2.23. The highest BCUT2D eigenvalue weighted by Crippen LogP contribution is 2.36. The Kier molecular flexibility index (Phi) is 5.34. The van der Waals surface area contributed by atoms with Crippen LogP contribution in [0.5, 0.6) is 0 Å². The van der Waals surface area contributed by atoms with Crippen LogP contribution in [0.1, 0.15) is 30.7 Å². The van der Waals surface area contributed by atoms with Gasteiger partial charge in [0.1, 0.15) is 5.76 Å². The Morgan fingerprint density at radius 3 is 2.74 bits per heavy atom. The fourth-order valence-electron chi connectivity index (χ4n) is 1.89. The molecule has 0 saturated heterocycles. The SMILES string of the molecule is CCCNC(c1cccc(Cl)c1Cl)c1occc1Br. The van der Waals surface area contributed by atoms with Crippen molar-refractivity contribution in [1.29, 1.82) is 0 Å². The molecule has 0 spiro atoms. The molecule has 0 aliphatic rings. The summed E-state index contributed by atoms with van der Waals surface area (Å²) in [7, 11) is 0. The van der Waals surface area contributed by atoms with Gasteiger partial charge in [0.15, 0.2) is 0 Å². The average molecular weight is 363 g/mol. The molecule has 1 aromatic heterocycles. The molecule has 102 valence electrons. The minimum absolute atomic E-state index is 0.115. The lowest BCUT2D eigenvalue weighted by atomic mass is 10.0. The van der Waals surface area contributed by atoms with Crippen molar-refractivity contribution < 1.29 is 4.42 Å². The van der Waals surface area contributed by atoms with Gasteiger partial charge in [0.2, 0.25) is 0 Å². The predicted octanol–water partition coefficient (Wildman–Crippen LogP) is 5.44. The van der Waals surface area contributed by atoms with Gasteiger partial charge in [-0.1, -0.05) is 42.3 Å². The van der Waals surface area contributed by atoms with Gasteiger partial charge < -0.3 is 9.73 Å². The second-order valence-corrected chi connectivity index (χ2v) is 5.80. The molecule has 1 atom stereocenters. The minimum atomic E-state index is -0.115. The maximum atomic E-state index is 6.31. The van der Waals surface area contributed by atoms with Gasteiger partial charge in [0, 0.05) is 0 Å². The quantitative estimate of drug-likeness (QED) is 0.766. The first-order chi connectivity index (χ1) is 9.15. The first-order valence-corrected chi connectivity index (χ1v) is 7.60.